The average Bonchev–Trinajstić information content (AvgIpc) is 3.23. The first-order valence-electron chi connectivity index (χ1n) is 9.56. The minimum Gasteiger partial charge on any atom is -0.486 e. The second-order valence-corrected chi connectivity index (χ2v) is 9.60. The van der Waals surface area contributed by atoms with Crippen LogP contribution in [0.3, 0.4) is 0 Å². The molecular weight excluding hydrogens is 494 g/mol. The molecule has 10 nitrogen and oxygen atoms in total. The Morgan fingerprint density at radius 3 is 2.39 bits per heavy atom. The number of fused-ring (bicyclic) bond motifs is 1. The van der Waals surface area contributed by atoms with Crippen molar-refractivity contribution in [1.82, 2.24) is 14.5 Å². The van der Waals surface area contributed by atoms with E-state index in [1.165, 1.54) is 27.4 Å². The van der Waals surface area contributed by atoms with Crippen molar-refractivity contribution in [3.63, 3.8) is 0 Å². The molecule has 0 spiro atoms. The third-order valence-corrected chi connectivity index (χ3v) is 7.26. The molecule has 1 aromatic heterocycles. The summed E-state index contributed by atoms with van der Waals surface area (Å²) in [4.78, 5) is 26.0. The van der Waals surface area contributed by atoms with Gasteiger partial charge >= 0.3 is 0 Å². The maximum absolute atomic E-state index is 13.0. The van der Waals surface area contributed by atoms with E-state index in [0.29, 0.717) is 29.4 Å². The van der Waals surface area contributed by atoms with E-state index in [1.54, 1.807) is 12.1 Å². The van der Waals surface area contributed by atoms with Gasteiger partial charge in [0.2, 0.25) is 15.9 Å². The number of benzene rings is 1. The van der Waals surface area contributed by atoms with E-state index < -0.39 is 15.9 Å². The first-order valence-corrected chi connectivity index (χ1v) is 11.8. The maximum Gasteiger partial charge on any atom is 0.287 e. The molecule has 3 heterocycles. The van der Waals surface area contributed by atoms with Crippen LogP contribution in [0, 0.1) is 0 Å². The normalized spacial score (nSPS) is 16.7. The molecule has 2 aromatic rings. The van der Waals surface area contributed by atoms with Crippen LogP contribution in [0.1, 0.15) is 10.6 Å². The fraction of sp³-hybridized carbons (Fsp3) is 0.368. The highest BCUT2D eigenvalue weighted by Gasteiger charge is 2.31. The van der Waals surface area contributed by atoms with Gasteiger partial charge in [0, 0.05) is 32.2 Å². The first-order chi connectivity index (χ1) is 14.8. The quantitative estimate of drug-likeness (QED) is 0.635. The van der Waals surface area contributed by atoms with Crippen molar-refractivity contribution in [2.45, 2.75) is 4.90 Å². The second kappa shape index (κ2) is 8.89. The predicted octanol–water partition coefficient (Wildman–Crippen LogP) is 1.08. The Morgan fingerprint density at radius 1 is 1.00 bits per heavy atom. The van der Waals surface area contributed by atoms with Crippen LogP contribution >= 0.6 is 15.9 Å². The molecular formula is C19H20BrN3O7S. The summed E-state index contributed by atoms with van der Waals surface area (Å²) < 4.78 is 43.7. The highest BCUT2D eigenvalue weighted by atomic mass is 79.9. The van der Waals surface area contributed by atoms with Crippen molar-refractivity contribution in [2.75, 3.05) is 45.9 Å². The number of furan rings is 1. The van der Waals surface area contributed by atoms with E-state index in [4.69, 9.17) is 13.9 Å². The molecule has 0 unspecified atom stereocenters. The zero-order chi connectivity index (χ0) is 22.0. The minimum atomic E-state index is -3.73. The molecule has 1 aromatic carbocycles. The van der Waals surface area contributed by atoms with E-state index >= 15 is 0 Å². The number of rotatable bonds is 5. The van der Waals surface area contributed by atoms with Crippen molar-refractivity contribution in [2.24, 2.45) is 0 Å². The van der Waals surface area contributed by atoms with Gasteiger partial charge in [0.25, 0.3) is 5.91 Å². The molecule has 2 amide bonds. The molecule has 31 heavy (non-hydrogen) atoms. The highest BCUT2D eigenvalue weighted by Crippen LogP contribution is 2.33. The number of carbonyl (C=O) groups is 2. The molecule has 1 fully saturated rings. The third kappa shape index (κ3) is 4.70. The van der Waals surface area contributed by atoms with Gasteiger partial charge in [-0.05, 0) is 40.2 Å². The van der Waals surface area contributed by atoms with Gasteiger partial charge in [-0.3, -0.25) is 9.59 Å². The van der Waals surface area contributed by atoms with Crippen LogP contribution in [-0.2, 0) is 14.8 Å². The molecule has 0 saturated carbocycles. The minimum absolute atomic E-state index is 0.0926. The summed E-state index contributed by atoms with van der Waals surface area (Å²) in [5, 5.41) is 2.50. The van der Waals surface area contributed by atoms with Crippen LogP contribution in [0.15, 0.2) is 44.3 Å². The van der Waals surface area contributed by atoms with Gasteiger partial charge in [-0.1, -0.05) is 0 Å². The Labute approximate surface area is 187 Å². The van der Waals surface area contributed by atoms with Crippen LogP contribution < -0.4 is 14.8 Å². The monoisotopic (exact) mass is 513 g/mol. The Bertz CT molecular complexity index is 1090. The smallest absolute Gasteiger partial charge is 0.287 e. The molecule has 12 heteroatoms. The van der Waals surface area contributed by atoms with E-state index in [9.17, 15) is 18.0 Å². The summed E-state index contributed by atoms with van der Waals surface area (Å²) in [6, 6.07) is 7.61. The van der Waals surface area contributed by atoms with Crippen LogP contribution in [0.4, 0.5) is 0 Å². The van der Waals surface area contributed by atoms with Crippen molar-refractivity contribution < 1.29 is 31.9 Å². The molecule has 166 valence electrons. The number of hydrogen-bond donors (Lipinski definition) is 1. The molecule has 1 N–H and O–H groups in total. The number of hydrogen-bond acceptors (Lipinski definition) is 7. The van der Waals surface area contributed by atoms with Crippen molar-refractivity contribution in [1.29, 1.82) is 0 Å². The number of nitrogens with zero attached hydrogens (tertiary/aromatic N) is 2. The number of carbonyl (C=O) groups excluding carboxylic acids is 2. The first kappa shape index (κ1) is 21.7. The molecule has 2 aliphatic heterocycles. The summed E-state index contributed by atoms with van der Waals surface area (Å²) in [6.07, 6.45) is 0. The van der Waals surface area contributed by atoms with Gasteiger partial charge in [0.1, 0.15) is 13.2 Å². The number of halogens is 1. The van der Waals surface area contributed by atoms with Crippen LogP contribution in [0.2, 0.25) is 0 Å². The van der Waals surface area contributed by atoms with E-state index in [0.717, 1.165) is 0 Å². The Morgan fingerprint density at radius 2 is 1.71 bits per heavy atom. The number of sulfonamides is 1. The van der Waals surface area contributed by atoms with Crippen molar-refractivity contribution in [3.8, 4) is 11.5 Å². The van der Waals surface area contributed by atoms with Crippen molar-refractivity contribution >= 4 is 37.8 Å². The number of ether oxygens (including phenoxy) is 2. The molecule has 4 rings (SSSR count). The lowest BCUT2D eigenvalue weighted by Gasteiger charge is -2.34. The molecule has 0 aliphatic carbocycles. The van der Waals surface area contributed by atoms with E-state index in [2.05, 4.69) is 21.2 Å². The zero-order valence-electron chi connectivity index (χ0n) is 16.4. The Balaban J connectivity index is 1.32. The third-order valence-electron chi connectivity index (χ3n) is 4.94. The lowest BCUT2D eigenvalue weighted by atomic mass is 10.3. The van der Waals surface area contributed by atoms with Crippen molar-refractivity contribution in [3.05, 3.63) is 40.8 Å². The number of piperazine rings is 1. The van der Waals surface area contributed by atoms with E-state index in [1.807, 2.05) is 0 Å². The van der Waals surface area contributed by atoms with E-state index in [-0.39, 0.29) is 49.3 Å². The topological polar surface area (TPSA) is 118 Å². The maximum atomic E-state index is 13.0. The Kier molecular flexibility index (Phi) is 6.21. The van der Waals surface area contributed by atoms with Crippen LogP contribution in [0.25, 0.3) is 0 Å². The van der Waals surface area contributed by atoms with Gasteiger partial charge in [-0.25, -0.2) is 8.42 Å². The SMILES string of the molecule is O=C(NCC(=O)N1CCN(S(=O)(=O)c2ccc3c(c2)OCCO3)CC1)c1ccc(Br)o1. The van der Waals surface area contributed by atoms with Gasteiger partial charge in [-0.2, -0.15) is 4.31 Å². The summed E-state index contributed by atoms with van der Waals surface area (Å²) >= 11 is 3.11. The summed E-state index contributed by atoms with van der Waals surface area (Å²) in [7, 11) is -3.73. The lowest BCUT2D eigenvalue weighted by molar-refractivity contribution is -0.131. The van der Waals surface area contributed by atoms with Crippen LogP contribution in [0.5, 0.6) is 11.5 Å². The summed E-state index contributed by atoms with van der Waals surface area (Å²) in [6.45, 7) is 1.35. The average molecular weight is 514 g/mol. The Hall–Kier alpha value is -2.57. The molecule has 0 radical (unpaired) electrons. The largest absolute Gasteiger partial charge is 0.486 e. The van der Waals surface area contributed by atoms with Gasteiger partial charge in [0.05, 0.1) is 11.4 Å². The molecule has 0 bridgehead atoms. The number of amides is 2. The molecule has 0 atom stereocenters. The lowest BCUT2D eigenvalue weighted by Crippen LogP contribution is -2.52. The summed E-state index contributed by atoms with van der Waals surface area (Å²) in [5.41, 5.74) is 0. The standard InChI is InChI=1S/C19H20BrN3O7S/c20-17-4-3-15(30-17)19(25)21-12-18(24)22-5-7-23(8-6-22)31(26,27)13-1-2-14-16(11-13)29-10-9-28-14/h1-4,11H,5-10,12H2,(H,21,25). The fourth-order valence-electron chi connectivity index (χ4n) is 3.30. The van der Waals surface area contributed by atoms with Gasteiger partial charge in [0.15, 0.2) is 21.9 Å². The van der Waals surface area contributed by atoms with Gasteiger partial charge in [-0.15, -0.1) is 0 Å². The van der Waals surface area contributed by atoms with Gasteiger partial charge < -0.3 is 24.1 Å². The summed E-state index contributed by atoms with van der Waals surface area (Å²) in [5.74, 6) is 0.217. The molecule has 1 saturated heterocycles. The fourth-order valence-corrected chi connectivity index (χ4v) is 5.05. The zero-order valence-corrected chi connectivity index (χ0v) is 18.8. The predicted molar refractivity (Wildman–Crippen MR) is 112 cm³/mol. The number of nitrogens with one attached hydrogen (secondary N) is 1. The molecule has 2 aliphatic rings. The highest BCUT2D eigenvalue weighted by molar-refractivity contribution is 9.10. The van der Waals surface area contributed by atoms with Crippen LogP contribution in [-0.4, -0.2) is 75.4 Å². The second-order valence-electron chi connectivity index (χ2n) is 6.88.